The average Bonchev–Trinajstić information content (AvgIpc) is 2.89. The minimum absolute atomic E-state index is 0.0614. The van der Waals surface area contributed by atoms with Gasteiger partial charge in [-0.25, -0.2) is 14.4 Å². The Labute approximate surface area is 215 Å². The van der Waals surface area contributed by atoms with Crippen LogP contribution in [0.2, 0.25) is 0 Å². The van der Waals surface area contributed by atoms with Gasteiger partial charge in [0.2, 0.25) is 0 Å². The standard InChI is InChI=1S/C27H21BrO8/c1-18(23(29)34-22-15-13-19(28)14-16-22)17-27(24(30)33-2,25(31)35-20-9-5-3-6-10-20)26(32)36-21-11-7-4-8-12-21/h3-16H,1,17H2,2H3. The van der Waals surface area contributed by atoms with Gasteiger partial charge in [-0.05, 0) is 48.5 Å². The van der Waals surface area contributed by atoms with Gasteiger partial charge in [-0.2, -0.15) is 0 Å². The van der Waals surface area contributed by atoms with E-state index in [1.54, 1.807) is 48.5 Å². The third kappa shape index (κ3) is 6.25. The van der Waals surface area contributed by atoms with Crippen molar-refractivity contribution in [1.82, 2.24) is 0 Å². The Balaban J connectivity index is 1.96. The first-order chi connectivity index (χ1) is 17.3. The second-order valence-corrected chi connectivity index (χ2v) is 8.34. The fourth-order valence-electron chi connectivity index (χ4n) is 3.08. The van der Waals surface area contributed by atoms with Crippen LogP contribution in [0.1, 0.15) is 6.42 Å². The van der Waals surface area contributed by atoms with Crippen molar-refractivity contribution >= 4 is 39.8 Å². The first-order valence-corrected chi connectivity index (χ1v) is 11.3. The summed E-state index contributed by atoms with van der Waals surface area (Å²) in [7, 11) is 0.992. The van der Waals surface area contributed by atoms with Crippen molar-refractivity contribution in [2.75, 3.05) is 7.11 Å². The van der Waals surface area contributed by atoms with Crippen LogP contribution in [-0.4, -0.2) is 31.0 Å². The summed E-state index contributed by atoms with van der Waals surface area (Å²) in [6.07, 6.45) is -0.813. The summed E-state index contributed by atoms with van der Waals surface area (Å²) >= 11 is 3.28. The number of carbonyl (C=O) groups excluding carboxylic acids is 4. The Bertz CT molecular complexity index is 1200. The lowest BCUT2D eigenvalue weighted by Crippen LogP contribution is -2.52. The van der Waals surface area contributed by atoms with E-state index in [0.29, 0.717) is 0 Å². The molecule has 0 saturated heterocycles. The molecule has 0 saturated carbocycles. The number of carbonyl (C=O) groups is 4. The zero-order valence-electron chi connectivity index (χ0n) is 19.1. The lowest BCUT2D eigenvalue weighted by molar-refractivity contribution is -0.174. The maximum absolute atomic E-state index is 13.4. The highest BCUT2D eigenvalue weighted by Gasteiger charge is 2.58. The van der Waals surface area contributed by atoms with Gasteiger partial charge in [0, 0.05) is 16.5 Å². The summed E-state index contributed by atoms with van der Waals surface area (Å²) in [6.45, 7) is 3.64. The van der Waals surface area contributed by atoms with E-state index in [2.05, 4.69) is 22.5 Å². The van der Waals surface area contributed by atoms with E-state index >= 15 is 0 Å². The van der Waals surface area contributed by atoms with Crippen LogP contribution in [0, 0.1) is 5.41 Å². The molecular weight excluding hydrogens is 532 g/mol. The number of halogens is 1. The fraction of sp³-hybridized carbons (Fsp3) is 0.111. The molecule has 36 heavy (non-hydrogen) atoms. The molecule has 0 bridgehead atoms. The maximum Gasteiger partial charge on any atom is 0.340 e. The number of rotatable bonds is 9. The Hall–Kier alpha value is -4.24. The molecule has 0 amide bonds. The van der Waals surface area contributed by atoms with Crippen LogP contribution < -0.4 is 14.2 Å². The van der Waals surface area contributed by atoms with Crippen LogP contribution in [-0.2, 0) is 23.9 Å². The highest BCUT2D eigenvalue weighted by atomic mass is 79.9. The first kappa shape index (κ1) is 26.4. The summed E-state index contributed by atoms with van der Waals surface area (Å²) in [5.41, 5.74) is -3.07. The average molecular weight is 553 g/mol. The number of methoxy groups -OCH3 is 1. The molecule has 0 N–H and O–H groups in total. The molecule has 0 spiro atoms. The number of benzene rings is 3. The van der Waals surface area contributed by atoms with Gasteiger partial charge in [-0.3, -0.25) is 4.79 Å². The van der Waals surface area contributed by atoms with E-state index in [9.17, 15) is 19.2 Å². The van der Waals surface area contributed by atoms with Crippen LogP contribution in [0.3, 0.4) is 0 Å². The van der Waals surface area contributed by atoms with Crippen molar-refractivity contribution in [2.45, 2.75) is 6.42 Å². The first-order valence-electron chi connectivity index (χ1n) is 10.5. The van der Waals surface area contributed by atoms with Gasteiger partial charge in [0.1, 0.15) is 17.2 Å². The summed E-state index contributed by atoms with van der Waals surface area (Å²) < 4.78 is 21.5. The quantitative estimate of drug-likeness (QED) is 0.163. The van der Waals surface area contributed by atoms with Gasteiger partial charge in [0.25, 0.3) is 5.41 Å². The third-order valence-corrected chi connectivity index (χ3v) is 5.46. The van der Waals surface area contributed by atoms with Gasteiger partial charge in [-0.1, -0.05) is 58.9 Å². The smallest absolute Gasteiger partial charge is 0.340 e. The molecule has 0 heterocycles. The van der Waals surface area contributed by atoms with Crippen LogP contribution in [0.25, 0.3) is 0 Å². The van der Waals surface area contributed by atoms with Crippen molar-refractivity contribution in [2.24, 2.45) is 5.41 Å². The number of esters is 4. The highest BCUT2D eigenvalue weighted by molar-refractivity contribution is 9.10. The fourth-order valence-corrected chi connectivity index (χ4v) is 3.34. The number of ether oxygens (including phenoxy) is 4. The second-order valence-electron chi connectivity index (χ2n) is 7.43. The summed E-state index contributed by atoms with van der Waals surface area (Å²) in [5, 5.41) is 0. The topological polar surface area (TPSA) is 105 Å². The highest BCUT2D eigenvalue weighted by Crippen LogP contribution is 2.34. The molecule has 0 aliphatic carbocycles. The molecule has 9 heteroatoms. The molecule has 184 valence electrons. The lowest BCUT2D eigenvalue weighted by Gasteiger charge is -2.27. The van der Waals surface area contributed by atoms with E-state index in [1.165, 1.54) is 36.4 Å². The Kier molecular flexibility index (Phi) is 8.75. The van der Waals surface area contributed by atoms with Crippen molar-refractivity contribution < 1.29 is 38.1 Å². The second kappa shape index (κ2) is 11.9. The molecular formula is C27H21BrO8. The van der Waals surface area contributed by atoms with E-state index < -0.39 is 35.7 Å². The molecule has 0 aliphatic rings. The lowest BCUT2D eigenvalue weighted by atomic mass is 9.81. The van der Waals surface area contributed by atoms with Crippen molar-refractivity contribution in [3.8, 4) is 17.2 Å². The minimum atomic E-state index is -2.71. The number of para-hydroxylation sites is 2. The zero-order chi connectivity index (χ0) is 26.1. The SMILES string of the molecule is C=C(CC(C(=O)OC)(C(=O)Oc1ccccc1)C(=O)Oc1ccccc1)C(=O)Oc1ccc(Br)cc1. The van der Waals surface area contributed by atoms with Crippen LogP contribution in [0.5, 0.6) is 17.2 Å². The van der Waals surface area contributed by atoms with Gasteiger partial charge < -0.3 is 18.9 Å². The van der Waals surface area contributed by atoms with Crippen molar-refractivity contribution in [3.05, 3.63) is 102 Å². The summed E-state index contributed by atoms with van der Waals surface area (Å²) in [6, 6.07) is 21.9. The summed E-state index contributed by atoms with van der Waals surface area (Å²) in [5.74, 6) is -4.56. The maximum atomic E-state index is 13.4. The predicted molar refractivity (Wildman–Crippen MR) is 132 cm³/mol. The molecule has 0 aliphatic heterocycles. The Morgan fingerprint density at radius 2 is 1.14 bits per heavy atom. The molecule has 0 unspecified atom stereocenters. The van der Waals surface area contributed by atoms with E-state index in [-0.39, 0.29) is 22.8 Å². The van der Waals surface area contributed by atoms with E-state index in [4.69, 9.17) is 18.9 Å². The summed E-state index contributed by atoms with van der Waals surface area (Å²) in [4.78, 5) is 52.6. The van der Waals surface area contributed by atoms with Gasteiger partial charge >= 0.3 is 23.9 Å². The van der Waals surface area contributed by atoms with Gasteiger partial charge in [0.15, 0.2) is 0 Å². The molecule has 0 atom stereocenters. The minimum Gasteiger partial charge on any atom is -0.468 e. The van der Waals surface area contributed by atoms with Crippen LogP contribution in [0.4, 0.5) is 0 Å². The van der Waals surface area contributed by atoms with Gasteiger partial charge in [-0.15, -0.1) is 0 Å². The molecule has 3 rings (SSSR count). The van der Waals surface area contributed by atoms with E-state index in [1.807, 2.05) is 0 Å². The molecule has 0 fully saturated rings. The normalized spacial score (nSPS) is 10.6. The Morgan fingerprint density at radius 1 is 0.694 bits per heavy atom. The molecule has 3 aromatic rings. The zero-order valence-corrected chi connectivity index (χ0v) is 20.7. The molecule has 0 radical (unpaired) electrons. The van der Waals surface area contributed by atoms with Crippen molar-refractivity contribution in [1.29, 1.82) is 0 Å². The van der Waals surface area contributed by atoms with Crippen LogP contribution in [0.15, 0.2) is 102 Å². The van der Waals surface area contributed by atoms with Crippen LogP contribution >= 0.6 is 15.9 Å². The number of hydrogen-bond acceptors (Lipinski definition) is 8. The van der Waals surface area contributed by atoms with Gasteiger partial charge in [0.05, 0.1) is 7.11 Å². The Morgan fingerprint density at radius 3 is 1.58 bits per heavy atom. The predicted octanol–water partition coefficient (Wildman–Crippen LogP) is 4.67. The monoisotopic (exact) mass is 552 g/mol. The third-order valence-electron chi connectivity index (χ3n) is 4.93. The molecule has 8 nitrogen and oxygen atoms in total. The van der Waals surface area contributed by atoms with Crippen molar-refractivity contribution in [3.63, 3.8) is 0 Å². The molecule has 3 aromatic carbocycles. The molecule has 0 aromatic heterocycles. The number of hydrogen-bond donors (Lipinski definition) is 0. The largest absolute Gasteiger partial charge is 0.468 e. The van der Waals surface area contributed by atoms with E-state index in [0.717, 1.165) is 11.6 Å².